The Labute approximate surface area is 203 Å². The molecule has 6 rings (SSSR count). The van der Waals surface area contributed by atoms with E-state index in [1.54, 1.807) is 6.20 Å². The fourth-order valence-electron chi connectivity index (χ4n) is 4.25. The maximum absolute atomic E-state index is 13.0. The van der Waals surface area contributed by atoms with E-state index in [1.165, 1.54) is 0 Å². The summed E-state index contributed by atoms with van der Waals surface area (Å²) in [5, 5.41) is 13.9. The van der Waals surface area contributed by atoms with Gasteiger partial charge in [0.2, 0.25) is 5.52 Å². The van der Waals surface area contributed by atoms with Crippen molar-refractivity contribution in [1.29, 1.82) is 0 Å². The molecule has 0 aliphatic carbocycles. The molecule has 2 heterocycles. The molecule has 0 radical (unpaired) electrons. The molecule has 0 aliphatic rings. The summed E-state index contributed by atoms with van der Waals surface area (Å²) in [6.07, 6.45) is 1.78. The second kappa shape index (κ2) is 8.59. The molecule has 152 valence electrons. The predicted octanol–water partition coefficient (Wildman–Crippen LogP) is 2.40. The Morgan fingerprint density at radius 2 is 1.42 bits per heavy atom. The van der Waals surface area contributed by atoms with Crippen LogP contribution in [0, 0.1) is 0 Å². The number of nitrogens with one attached hydrogen (secondary N) is 1. The van der Waals surface area contributed by atoms with Crippen molar-refractivity contribution < 1.29 is 29.0 Å². The summed E-state index contributed by atoms with van der Waals surface area (Å²) >= 11 is 0. The second-order valence-corrected chi connectivity index (χ2v) is 7.75. The number of pyridine rings is 1. The van der Waals surface area contributed by atoms with Gasteiger partial charge in [0.1, 0.15) is 5.82 Å². The van der Waals surface area contributed by atoms with Gasteiger partial charge in [-0.3, -0.25) is 4.57 Å². The molecule has 1 N–H and O–H groups in total. The molecule has 0 atom stereocenters. The Kier molecular flexibility index (Phi) is 5.48. The number of hydrogen-bond donors (Lipinski definition) is 0. The summed E-state index contributed by atoms with van der Waals surface area (Å²) in [6.45, 7) is 0. The monoisotopic (exact) mass is 420 g/mol. The number of nitrogens with zero attached hydrogens (tertiary/aromatic N) is 2. The van der Waals surface area contributed by atoms with Crippen LogP contribution in [0.5, 0.6) is 5.75 Å². The van der Waals surface area contributed by atoms with Crippen LogP contribution in [0.15, 0.2) is 109 Å². The van der Waals surface area contributed by atoms with Crippen molar-refractivity contribution in [2.45, 2.75) is 0 Å². The summed E-state index contributed by atoms with van der Waals surface area (Å²) in [5.74, 6) is 0.880. The van der Waals surface area contributed by atoms with Gasteiger partial charge in [-0.1, -0.05) is 60.7 Å². The van der Waals surface area contributed by atoms with Gasteiger partial charge < -0.3 is 5.11 Å². The number of para-hydroxylation sites is 3. The molecule has 0 aliphatic heterocycles. The van der Waals surface area contributed by atoms with Gasteiger partial charge in [0, 0.05) is 22.7 Å². The summed E-state index contributed by atoms with van der Waals surface area (Å²) in [5.41, 5.74) is 6.26. The molecule has 0 saturated heterocycles. The third kappa shape index (κ3) is 3.60. The average Bonchev–Trinajstić information content (AvgIpc) is 3.25. The number of benzene rings is 4. The predicted molar refractivity (Wildman–Crippen MR) is 125 cm³/mol. The fourth-order valence-corrected chi connectivity index (χ4v) is 4.25. The van der Waals surface area contributed by atoms with Gasteiger partial charge in [0.05, 0.1) is 11.0 Å². The first-order valence-corrected chi connectivity index (χ1v) is 10.5. The number of fused-ring (bicyclic) bond motifs is 2. The van der Waals surface area contributed by atoms with E-state index in [9.17, 15) is 5.11 Å². The van der Waals surface area contributed by atoms with Crippen molar-refractivity contribution >= 4 is 21.9 Å². The molecule has 0 bridgehead atoms. The molecule has 4 aromatic carbocycles. The Morgan fingerprint density at radius 3 is 2.24 bits per heavy atom. The minimum absolute atomic E-state index is 0. The van der Waals surface area contributed by atoms with Crippen molar-refractivity contribution in [2.24, 2.45) is 0 Å². The maximum Gasteiger partial charge on any atom is 1.00 e. The molecule has 6 aromatic rings. The van der Waals surface area contributed by atoms with E-state index in [2.05, 4.69) is 27.8 Å². The molecule has 5 heteroatoms. The van der Waals surface area contributed by atoms with E-state index in [1.807, 2.05) is 84.9 Å². The van der Waals surface area contributed by atoms with Crippen LogP contribution >= 0.6 is 0 Å². The summed E-state index contributed by atoms with van der Waals surface area (Å²) in [6, 6.07) is 34.2. The first-order valence-electron chi connectivity index (χ1n) is 10.5. The van der Waals surface area contributed by atoms with Crippen molar-refractivity contribution in [2.75, 3.05) is 0 Å². The Hall–Kier alpha value is -3.84. The molecule has 0 unspecified atom stereocenters. The second-order valence-electron chi connectivity index (χ2n) is 7.75. The molecular weight excluding hydrogens is 401 g/mol. The third-order valence-corrected chi connectivity index (χ3v) is 5.82. The van der Waals surface area contributed by atoms with Crippen molar-refractivity contribution in [1.82, 2.24) is 9.55 Å². The first-order chi connectivity index (χ1) is 15.8. The van der Waals surface area contributed by atoms with Crippen LogP contribution in [0.3, 0.4) is 0 Å². The summed E-state index contributed by atoms with van der Waals surface area (Å²) < 4.78 is 2.17. The van der Waals surface area contributed by atoms with E-state index < -0.39 is 0 Å². The third-order valence-electron chi connectivity index (χ3n) is 5.82. The Balaban J connectivity index is 0.00000228. The number of aromatic amines is 1. The fraction of sp³-hybridized carbons (Fsp3) is 0. The van der Waals surface area contributed by atoms with Crippen LogP contribution in [-0.4, -0.2) is 9.55 Å². The number of hydrogen-bond acceptors (Lipinski definition) is 2. The van der Waals surface area contributed by atoms with Gasteiger partial charge in [-0.05, 0) is 53.3 Å². The normalized spacial score (nSPS) is 10.9. The minimum Gasteiger partial charge on any atom is -0.868 e. The average molecular weight is 420 g/mol. The number of imidazole rings is 1. The van der Waals surface area contributed by atoms with Gasteiger partial charge in [-0.25, -0.2) is 9.97 Å². The van der Waals surface area contributed by atoms with Crippen LogP contribution < -0.4 is 29.0 Å². The van der Waals surface area contributed by atoms with Crippen LogP contribution in [0.4, 0.5) is 0 Å². The van der Waals surface area contributed by atoms with Gasteiger partial charge in [-0.15, -0.1) is 0 Å². The largest absolute Gasteiger partial charge is 1.00 e. The van der Waals surface area contributed by atoms with Crippen LogP contribution in [0.1, 0.15) is 0 Å². The standard InChI is InChI=1S/C28H19N3O.Li/c32-27-23(17-16-20-7-6-18-29-26(20)27)19-12-14-21(15-13-19)28-30-24-10-4-5-11-25(24)31(28)22-8-2-1-3-9-22;/h1-18,32H;/q;+1. The van der Waals surface area contributed by atoms with Crippen LogP contribution in [0.25, 0.3) is 50.1 Å². The Bertz CT molecular complexity index is 1570. The van der Waals surface area contributed by atoms with Crippen LogP contribution in [0.2, 0.25) is 0 Å². The molecule has 0 saturated carbocycles. The zero-order chi connectivity index (χ0) is 21.5. The number of aromatic nitrogens is 3. The quantitative estimate of drug-likeness (QED) is 0.413. The van der Waals surface area contributed by atoms with E-state index in [4.69, 9.17) is 4.98 Å². The van der Waals surface area contributed by atoms with E-state index in [0.717, 1.165) is 39.1 Å². The zero-order valence-corrected chi connectivity index (χ0v) is 18.2. The molecule has 0 fully saturated rings. The van der Waals surface area contributed by atoms with Gasteiger partial charge in [0.25, 0.3) is 0 Å². The minimum atomic E-state index is 0. The van der Waals surface area contributed by atoms with E-state index in [0.29, 0.717) is 11.1 Å². The van der Waals surface area contributed by atoms with Crippen molar-refractivity contribution in [3.63, 3.8) is 0 Å². The van der Waals surface area contributed by atoms with Gasteiger partial charge in [-0.2, -0.15) is 0 Å². The van der Waals surface area contributed by atoms with Gasteiger partial charge in [0.15, 0.2) is 6.20 Å². The summed E-state index contributed by atoms with van der Waals surface area (Å²) in [4.78, 5) is 8.00. The van der Waals surface area contributed by atoms with Crippen molar-refractivity contribution in [3.05, 3.63) is 109 Å². The molecule has 0 spiro atoms. The van der Waals surface area contributed by atoms with Gasteiger partial charge >= 0.3 is 18.9 Å². The van der Waals surface area contributed by atoms with E-state index in [-0.39, 0.29) is 24.6 Å². The van der Waals surface area contributed by atoms with Crippen molar-refractivity contribution in [3.8, 4) is 34.0 Å². The SMILES string of the molecule is [Li+].[O-]c1c(-c2ccc(-c3nc4ccccc4n3-c3ccccc3)cc2)ccc2ccc[nH+]c12. The molecule has 33 heavy (non-hydrogen) atoms. The molecule has 0 amide bonds. The molecular formula is C28H19LiN3O+. The topological polar surface area (TPSA) is 55.0 Å². The van der Waals surface area contributed by atoms with E-state index >= 15 is 0 Å². The molecule has 4 nitrogen and oxygen atoms in total. The first kappa shape index (κ1) is 21.0. The number of rotatable bonds is 3. The Morgan fingerprint density at radius 1 is 0.697 bits per heavy atom. The number of H-pyrrole nitrogens is 1. The molecule has 2 aromatic heterocycles. The smallest absolute Gasteiger partial charge is 0.868 e. The zero-order valence-electron chi connectivity index (χ0n) is 18.2. The van der Waals surface area contributed by atoms with Crippen LogP contribution in [-0.2, 0) is 0 Å². The maximum atomic E-state index is 13.0. The summed E-state index contributed by atoms with van der Waals surface area (Å²) in [7, 11) is 0.